The zero-order valence-electron chi connectivity index (χ0n) is 11.3. The van der Waals surface area contributed by atoms with Crippen molar-refractivity contribution in [1.82, 2.24) is 9.13 Å². The highest BCUT2D eigenvalue weighted by atomic mass is 16.5. The van der Waals surface area contributed by atoms with Crippen LogP contribution in [0.5, 0.6) is 0 Å². The van der Waals surface area contributed by atoms with E-state index in [0.29, 0.717) is 5.92 Å². The van der Waals surface area contributed by atoms with E-state index in [0.717, 1.165) is 42.8 Å². The van der Waals surface area contributed by atoms with Crippen LogP contribution in [0.25, 0.3) is 11.0 Å². The van der Waals surface area contributed by atoms with Crippen LogP contribution in [-0.4, -0.2) is 22.3 Å². The van der Waals surface area contributed by atoms with Gasteiger partial charge < -0.3 is 10.5 Å². The van der Waals surface area contributed by atoms with Gasteiger partial charge in [0.2, 0.25) is 0 Å². The first-order valence-corrected chi connectivity index (χ1v) is 6.62. The second-order valence-electron chi connectivity index (χ2n) is 5.27. The highest BCUT2D eigenvalue weighted by molar-refractivity contribution is 5.84. The summed E-state index contributed by atoms with van der Waals surface area (Å²) in [6.07, 6.45) is 1.98. The van der Waals surface area contributed by atoms with Crippen LogP contribution >= 0.6 is 0 Å². The molecule has 2 N–H and O–H groups in total. The molecule has 1 aromatic carbocycles. The number of hydrogen-bond acceptors (Lipinski definition) is 3. The second kappa shape index (κ2) is 4.42. The third-order valence-electron chi connectivity index (χ3n) is 4.07. The minimum Gasteiger partial charge on any atom is -0.399 e. The molecule has 5 heteroatoms. The van der Waals surface area contributed by atoms with Crippen molar-refractivity contribution in [3.63, 3.8) is 0 Å². The van der Waals surface area contributed by atoms with E-state index in [4.69, 9.17) is 10.5 Å². The van der Waals surface area contributed by atoms with Gasteiger partial charge in [-0.05, 0) is 36.5 Å². The summed E-state index contributed by atoms with van der Waals surface area (Å²) in [6, 6.07) is 3.89. The van der Waals surface area contributed by atoms with Crippen molar-refractivity contribution in [2.45, 2.75) is 18.8 Å². The van der Waals surface area contributed by atoms with Crippen molar-refractivity contribution in [2.75, 3.05) is 18.9 Å². The number of anilines is 1. The third kappa shape index (κ3) is 1.85. The minimum atomic E-state index is -0.00564. The molecule has 0 spiro atoms. The van der Waals surface area contributed by atoms with Gasteiger partial charge in [-0.3, -0.25) is 9.13 Å². The number of imidazole rings is 1. The first-order chi connectivity index (χ1) is 9.09. The predicted octanol–water partition coefficient (Wildman–Crippen LogP) is 1.35. The maximum Gasteiger partial charge on any atom is 0.328 e. The number of nitrogen functional groups attached to an aromatic ring is 1. The summed E-state index contributed by atoms with van der Waals surface area (Å²) < 4.78 is 8.80. The van der Waals surface area contributed by atoms with E-state index in [-0.39, 0.29) is 5.69 Å². The van der Waals surface area contributed by atoms with E-state index in [1.807, 2.05) is 19.2 Å². The Bertz CT molecular complexity index is 678. The molecule has 1 aromatic heterocycles. The van der Waals surface area contributed by atoms with Gasteiger partial charge in [0.05, 0.1) is 11.0 Å². The Hall–Kier alpha value is -1.75. The first-order valence-electron chi connectivity index (χ1n) is 6.62. The van der Waals surface area contributed by atoms with Gasteiger partial charge in [0.25, 0.3) is 0 Å². The van der Waals surface area contributed by atoms with Crippen molar-refractivity contribution < 1.29 is 4.74 Å². The fourth-order valence-corrected chi connectivity index (χ4v) is 3.03. The Kier molecular flexibility index (Phi) is 2.86. The Morgan fingerprint density at radius 3 is 2.58 bits per heavy atom. The summed E-state index contributed by atoms with van der Waals surface area (Å²) in [5, 5.41) is 0. The van der Waals surface area contributed by atoms with E-state index >= 15 is 0 Å². The SMILES string of the molecule is Cn1c(=O)n(C)c2c(C3CCOCC3)cc(N)cc21. The molecule has 5 nitrogen and oxygen atoms in total. The van der Waals surface area contributed by atoms with Crippen LogP contribution in [-0.2, 0) is 18.8 Å². The third-order valence-corrected chi connectivity index (χ3v) is 4.07. The minimum absolute atomic E-state index is 0.00564. The summed E-state index contributed by atoms with van der Waals surface area (Å²) in [7, 11) is 3.61. The van der Waals surface area contributed by atoms with Crippen LogP contribution in [0.3, 0.4) is 0 Å². The molecule has 1 aliphatic rings. The lowest BCUT2D eigenvalue weighted by atomic mass is 9.90. The molecule has 19 heavy (non-hydrogen) atoms. The van der Waals surface area contributed by atoms with Gasteiger partial charge in [-0.2, -0.15) is 0 Å². The Labute approximate surface area is 111 Å². The summed E-state index contributed by atoms with van der Waals surface area (Å²) in [5.74, 6) is 0.424. The monoisotopic (exact) mass is 261 g/mol. The van der Waals surface area contributed by atoms with Crippen molar-refractivity contribution in [1.29, 1.82) is 0 Å². The summed E-state index contributed by atoms with van der Waals surface area (Å²) in [6.45, 7) is 1.56. The fraction of sp³-hybridized carbons (Fsp3) is 0.500. The normalized spacial score (nSPS) is 17.2. The molecule has 0 saturated carbocycles. The average molecular weight is 261 g/mol. The average Bonchev–Trinajstić information content (AvgIpc) is 2.64. The van der Waals surface area contributed by atoms with Crippen LogP contribution in [0.1, 0.15) is 24.3 Å². The molecule has 0 bridgehead atoms. The molecule has 0 unspecified atom stereocenters. The lowest BCUT2D eigenvalue weighted by Crippen LogP contribution is -2.20. The Balaban J connectivity index is 2.28. The molecule has 0 aliphatic carbocycles. The maximum atomic E-state index is 12.1. The van der Waals surface area contributed by atoms with E-state index in [9.17, 15) is 4.79 Å². The van der Waals surface area contributed by atoms with Crippen molar-refractivity contribution in [3.05, 3.63) is 28.2 Å². The molecular weight excluding hydrogens is 242 g/mol. The predicted molar refractivity (Wildman–Crippen MR) is 75.4 cm³/mol. The van der Waals surface area contributed by atoms with Gasteiger partial charge in [0.1, 0.15) is 0 Å². The van der Waals surface area contributed by atoms with Gasteiger partial charge in [0.15, 0.2) is 0 Å². The number of ether oxygens (including phenoxy) is 1. The Morgan fingerprint density at radius 2 is 1.89 bits per heavy atom. The molecule has 1 fully saturated rings. The standard InChI is InChI=1S/C14H19N3O2/c1-16-12-8-10(15)7-11(9-3-5-19-6-4-9)13(12)17(2)14(16)18/h7-9H,3-6,15H2,1-2H3. The van der Waals surface area contributed by atoms with Crippen molar-refractivity contribution >= 4 is 16.7 Å². The largest absolute Gasteiger partial charge is 0.399 e. The topological polar surface area (TPSA) is 62.2 Å². The number of nitrogens with two attached hydrogens (primary N) is 1. The van der Waals surface area contributed by atoms with Crippen LogP contribution in [0.15, 0.2) is 16.9 Å². The van der Waals surface area contributed by atoms with Gasteiger partial charge >= 0.3 is 5.69 Å². The zero-order valence-corrected chi connectivity index (χ0v) is 11.3. The summed E-state index contributed by atoms with van der Waals surface area (Å²) in [5.41, 5.74) is 9.81. The fourth-order valence-electron chi connectivity index (χ4n) is 3.03. The quantitative estimate of drug-likeness (QED) is 0.788. The van der Waals surface area contributed by atoms with Gasteiger partial charge in [-0.1, -0.05) is 0 Å². The number of rotatable bonds is 1. The molecule has 102 valence electrons. The number of hydrogen-bond donors (Lipinski definition) is 1. The van der Waals surface area contributed by atoms with E-state index < -0.39 is 0 Å². The van der Waals surface area contributed by atoms with Crippen LogP contribution in [0.2, 0.25) is 0 Å². The second-order valence-corrected chi connectivity index (χ2v) is 5.27. The highest BCUT2D eigenvalue weighted by Crippen LogP contribution is 2.33. The zero-order chi connectivity index (χ0) is 13.6. The molecule has 1 aliphatic heterocycles. The van der Waals surface area contributed by atoms with E-state index in [2.05, 4.69) is 0 Å². The Morgan fingerprint density at radius 1 is 1.21 bits per heavy atom. The first kappa shape index (κ1) is 12.3. The van der Waals surface area contributed by atoms with Crippen LogP contribution in [0, 0.1) is 0 Å². The molecule has 0 radical (unpaired) electrons. The van der Waals surface area contributed by atoms with E-state index in [1.54, 1.807) is 16.2 Å². The molecule has 2 heterocycles. The van der Waals surface area contributed by atoms with Crippen LogP contribution in [0.4, 0.5) is 5.69 Å². The molecule has 2 aromatic rings. The number of nitrogens with zero attached hydrogens (tertiary/aromatic N) is 2. The summed E-state index contributed by atoms with van der Waals surface area (Å²) in [4.78, 5) is 12.1. The van der Waals surface area contributed by atoms with Gasteiger partial charge in [-0.15, -0.1) is 0 Å². The summed E-state index contributed by atoms with van der Waals surface area (Å²) >= 11 is 0. The van der Waals surface area contributed by atoms with Gasteiger partial charge in [-0.25, -0.2) is 4.79 Å². The van der Waals surface area contributed by atoms with Crippen molar-refractivity contribution in [2.24, 2.45) is 14.1 Å². The van der Waals surface area contributed by atoms with Crippen molar-refractivity contribution in [3.8, 4) is 0 Å². The maximum absolute atomic E-state index is 12.1. The number of benzene rings is 1. The molecule has 0 atom stereocenters. The molecule has 0 amide bonds. The molecule has 3 rings (SSSR count). The van der Waals surface area contributed by atoms with E-state index in [1.165, 1.54) is 5.56 Å². The number of aromatic nitrogens is 2. The van der Waals surface area contributed by atoms with Crippen LogP contribution < -0.4 is 11.4 Å². The number of aryl methyl sites for hydroxylation is 2. The smallest absolute Gasteiger partial charge is 0.328 e. The molecule has 1 saturated heterocycles. The molecular formula is C14H19N3O2. The number of fused-ring (bicyclic) bond motifs is 1. The lowest BCUT2D eigenvalue weighted by Gasteiger charge is -2.23. The van der Waals surface area contributed by atoms with Gasteiger partial charge in [0, 0.05) is 33.0 Å². The highest BCUT2D eigenvalue weighted by Gasteiger charge is 2.22. The lowest BCUT2D eigenvalue weighted by molar-refractivity contribution is 0.0855.